The highest BCUT2D eigenvalue weighted by Gasteiger charge is 2.51. The van der Waals surface area contributed by atoms with Gasteiger partial charge in [-0.3, -0.25) is 14.3 Å². The Morgan fingerprint density at radius 2 is 1.44 bits per heavy atom. The van der Waals surface area contributed by atoms with Gasteiger partial charge in [-0.05, 0) is 89.7 Å². The smallest absolute Gasteiger partial charge is 0.330 e. The predicted octanol–water partition coefficient (Wildman–Crippen LogP) is 6.39. The van der Waals surface area contributed by atoms with Gasteiger partial charge in [-0.1, -0.05) is 54.6 Å². The van der Waals surface area contributed by atoms with Crippen molar-refractivity contribution in [2.24, 2.45) is 0 Å². The van der Waals surface area contributed by atoms with E-state index in [1.165, 1.54) is 10.8 Å². The van der Waals surface area contributed by atoms with Crippen LogP contribution in [0.4, 0.5) is 0 Å². The third-order valence-corrected chi connectivity index (χ3v) is 12.6. The molecule has 1 N–H and O–H groups in total. The van der Waals surface area contributed by atoms with Crippen LogP contribution in [0.1, 0.15) is 62.6 Å². The van der Waals surface area contributed by atoms with Crippen LogP contribution in [-0.2, 0) is 33.6 Å². The maximum Gasteiger partial charge on any atom is 0.330 e. The summed E-state index contributed by atoms with van der Waals surface area (Å²) in [6, 6.07) is 27.5. The molecule has 0 spiro atoms. The lowest BCUT2D eigenvalue weighted by atomic mass is 9.80. The lowest BCUT2D eigenvalue weighted by Gasteiger charge is -2.39. The van der Waals surface area contributed by atoms with Gasteiger partial charge in [0.2, 0.25) is 0 Å². The van der Waals surface area contributed by atoms with Crippen LogP contribution in [0.2, 0.25) is 0 Å². The number of likely N-dealkylation sites (N-methyl/N-ethyl adjacent to an activating group) is 1. The molecule has 3 aromatic carbocycles. The van der Waals surface area contributed by atoms with E-state index < -0.39 is 49.9 Å². The zero-order valence-electron chi connectivity index (χ0n) is 37.3. The first-order valence-corrected chi connectivity index (χ1v) is 22.0. The number of nitrogens with zero attached hydrogens (tertiary/aromatic N) is 4. The quantitative estimate of drug-likeness (QED) is 0.0469. The summed E-state index contributed by atoms with van der Waals surface area (Å²) in [5, 5.41) is 9.49. The van der Waals surface area contributed by atoms with E-state index in [9.17, 15) is 14.9 Å². The predicted molar refractivity (Wildman–Crippen MR) is 237 cm³/mol. The number of aromatic nitrogens is 2. The van der Waals surface area contributed by atoms with Gasteiger partial charge in [0.15, 0.2) is 6.23 Å². The summed E-state index contributed by atoms with van der Waals surface area (Å²) in [5.41, 5.74) is 0.375. The molecule has 1 aliphatic rings. The van der Waals surface area contributed by atoms with Gasteiger partial charge >= 0.3 is 5.69 Å². The molecule has 5 rings (SSSR count). The summed E-state index contributed by atoms with van der Waals surface area (Å²) < 4.78 is 55.0. The average molecular weight is 876 g/mol. The zero-order chi connectivity index (χ0) is 44.8. The molecular weight excluding hydrogens is 814 g/mol. The number of aromatic amines is 1. The Kier molecular flexibility index (Phi) is 18.2. The fourth-order valence-electron chi connectivity index (χ4n) is 7.42. The van der Waals surface area contributed by atoms with E-state index in [4.69, 9.17) is 37.5 Å². The molecule has 1 unspecified atom stereocenters. The zero-order valence-corrected chi connectivity index (χ0v) is 38.2. The number of benzene rings is 3. The lowest BCUT2D eigenvalue weighted by Crippen LogP contribution is -2.44. The topological polar surface area (TPSA) is 159 Å². The van der Waals surface area contributed by atoms with Gasteiger partial charge in [-0.15, -0.1) is 0 Å². The summed E-state index contributed by atoms with van der Waals surface area (Å²) in [6.07, 6.45) is -2.17. The molecule has 16 heteroatoms. The van der Waals surface area contributed by atoms with E-state index in [-0.39, 0.29) is 44.9 Å². The second-order valence-electron chi connectivity index (χ2n) is 15.7. The maximum atomic E-state index is 13.7. The van der Waals surface area contributed by atoms with Crippen molar-refractivity contribution in [3.05, 3.63) is 128 Å². The summed E-state index contributed by atoms with van der Waals surface area (Å²) >= 11 is 0. The van der Waals surface area contributed by atoms with Crippen molar-refractivity contribution in [2.45, 2.75) is 83.3 Å². The largest absolute Gasteiger partial charge is 0.497 e. The number of methoxy groups -OCH3 is 2. The number of rotatable bonds is 24. The van der Waals surface area contributed by atoms with Crippen molar-refractivity contribution >= 4 is 8.53 Å². The minimum absolute atomic E-state index is 0.0131. The van der Waals surface area contributed by atoms with Crippen LogP contribution in [-0.4, -0.2) is 117 Å². The normalized spacial score (nSPS) is 18.5. The molecule has 0 radical (unpaired) electrons. The number of hydrogen-bond acceptors (Lipinski definition) is 13. The van der Waals surface area contributed by atoms with E-state index in [1.807, 2.05) is 97.9 Å². The van der Waals surface area contributed by atoms with Gasteiger partial charge in [0.25, 0.3) is 14.1 Å². The van der Waals surface area contributed by atoms with Gasteiger partial charge in [0.05, 0.1) is 59.7 Å². The third-order valence-electron chi connectivity index (χ3n) is 10.4. The Morgan fingerprint density at radius 1 is 0.839 bits per heavy atom. The highest BCUT2D eigenvalue weighted by atomic mass is 31.2. The van der Waals surface area contributed by atoms with Crippen molar-refractivity contribution in [2.75, 3.05) is 67.9 Å². The molecule has 1 aliphatic heterocycles. The minimum atomic E-state index is -1.84. The van der Waals surface area contributed by atoms with Crippen LogP contribution in [0.15, 0.2) is 94.6 Å². The Balaban J connectivity index is 1.67. The monoisotopic (exact) mass is 875 g/mol. The molecule has 1 saturated heterocycles. The Labute approximate surface area is 366 Å². The van der Waals surface area contributed by atoms with E-state index in [2.05, 4.69) is 43.4 Å². The van der Waals surface area contributed by atoms with Crippen molar-refractivity contribution in [1.82, 2.24) is 19.1 Å². The van der Waals surface area contributed by atoms with Crippen molar-refractivity contribution < 1.29 is 37.5 Å². The summed E-state index contributed by atoms with van der Waals surface area (Å²) in [4.78, 5) is 30.8. The SMILES string of the molecule is COc1ccc(C(OC[C@H]2O[C@@H](n3cc(C)c(=O)[nH]c3=O)[C@H](OCCOCCN(C)C)[C@@H]2OP(OCCC#N)N(C(C)C)C(C)C)(c2ccccc2)c2ccc(OC)cc2)cc1. The van der Waals surface area contributed by atoms with Crippen LogP contribution >= 0.6 is 8.53 Å². The molecule has 0 aliphatic carbocycles. The molecule has 0 bridgehead atoms. The van der Waals surface area contributed by atoms with Crippen LogP contribution in [0.5, 0.6) is 11.5 Å². The number of H-pyrrole nitrogens is 1. The average Bonchev–Trinajstić information content (AvgIpc) is 3.59. The summed E-state index contributed by atoms with van der Waals surface area (Å²) in [5.74, 6) is 1.36. The van der Waals surface area contributed by atoms with Crippen molar-refractivity contribution in [3.63, 3.8) is 0 Å². The Bertz CT molecular complexity index is 2070. The van der Waals surface area contributed by atoms with Crippen LogP contribution < -0.4 is 20.7 Å². The highest BCUT2D eigenvalue weighted by Crippen LogP contribution is 2.51. The number of nitriles is 1. The van der Waals surface area contributed by atoms with Gasteiger partial charge in [-0.25, -0.2) is 9.46 Å². The summed E-state index contributed by atoms with van der Waals surface area (Å²) in [6.45, 7) is 11.5. The van der Waals surface area contributed by atoms with E-state index >= 15 is 0 Å². The fraction of sp³-hybridized carbons (Fsp3) is 0.500. The highest BCUT2D eigenvalue weighted by molar-refractivity contribution is 7.44. The molecule has 62 heavy (non-hydrogen) atoms. The van der Waals surface area contributed by atoms with Gasteiger partial charge in [-0.2, -0.15) is 5.26 Å². The third kappa shape index (κ3) is 12.0. The van der Waals surface area contributed by atoms with Crippen LogP contribution in [0.3, 0.4) is 0 Å². The standard InChI is InChI=1S/C46H62N5O10P/c1-32(2)51(33(3)4)62(59-26-13-24-47)61-41-40(60-44(50-30-34(5)43(52)48-45(50)53)42(41)57-29-28-56-27-25-49(6)7)31-58-46(35-14-11-10-12-15-35,36-16-20-38(54-8)21-17-36)37-18-22-39(55-9)23-19-37/h10-12,14-23,30,32-33,40-42,44H,13,25-29,31H2,1-9H3,(H,48,52,53)/t40-,41-,42-,44-,62?/m1/s1. The van der Waals surface area contributed by atoms with Gasteiger partial charge in [0.1, 0.15) is 35.4 Å². The van der Waals surface area contributed by atoms with Gasteiger partial charge < -0.3 is 42.4 Å². The molecule has 0 saturated carbocycles. The second-order valence-corrected chi connectivity index (χ2v) is 17.1. The summed E-state index contributed by atoms with van der Waals surface area (Å²) in [7, 11) is 5.34. The second kappa shape index (κ2) is 23.3. The van der Waals surface area contributed by atoms with Crippen molar-refractivity contribution in [3.8, 4) is 17.6 Å². The fourth-order valence-corrected chi connectivity index (χ4v) is 9.19. The molecular formula is C46H62N5O10P. The first-order chi connectivity index (χ1) is 29.8. The first-order valence-electron chi connectivity index (χ1n) is 20.9. The van der Waals surface area contributed by atoms with Crippen molar-refractivity contribution in [1.29, 1.82) is 5.26 Å². The van der Waals surface area contributed by atoms with Gasteiger partial charge in [0, 0.05) is 30.4 Å². The molecule has 5 atom stereocenters. The number of hydrogen-bond donors (Lipinski definition) is 1. The lowest BCUT2D eigenvalue weighted by molar-refractivity contribution is -0.0998. The molecule has 0 amide bonds. The van der Waals surface area contributed by atoms with E-state index in [1.54, 1.807) is 21.1 Å². The number of aryl methyl sites for hydroxylation is 1. The maximum absolute atomic E-state index is 13.7. The van der Waals surface area contributed by atoms with E-state index in [0.29, 0.717) is 23.7 Å². The minimum Gasteiger partial charge on any atom is -0.497 e. The number of nitrogens with one attached hydrogen (secondary N) is 1. The number of ether oxygens (including phenoxy) is 6. The van der Waals surface area contributed by atoms with E-state index in [0.717, 1.165) is 23.2 Å². The Morgan fingerprint density at radius 3 is 1.98 bits per heavy atom. The molecule has 336 valence electrons. The first kappa shape index (κ1) is 48.6. The van der Waals surface area contributed by atoms with Crippen LogP contribution in [0.25, 0.3) is 0 Å². The Hall–Kier alpha value is -4.46. The molecule has 2 heterocycles. The molecule has 1 aromatic heterocycles. The van der Waals surface area contributed by atoms with Crippen LogP contribution in [0, 0.1) is 18.3 Å². The molecule has 4 aromatic rings. The molecule has 15 nitrogen and oxygen atoms in total. The molecule has 1 fully saturated rings.